The number of carbonyl (C=O) groups is 2. The number of thioether (sulfide) groups is 1. The molecule has 1 fully saturated rings. The van der Waals surface area contributed by atoms with Crippen LogP contribution < -0.4 is 5.32 Å². The molecule has 1 aliphatic heterocycles. The van der Waals surface area contributed by atoms with Crippen molar-refractivity contribution in [2.45, 2.75) is 68.9 Å². The van der Waals surface area contributed by atoms with Gasteiger partial charge in [-0.2, -0.15) is 0 Å². The van der Waals surface area contributed by atoms with Crippen molar-refractivity contribution in [3.05, 3.63) is 114 Å². The summed E-state index contributed by atoms with van der Waals surface area (Å²) in [5.74, 6) is -0.266. The molecule has 9 nitrogen and oxygen atoms in total. The SMILES string of the molecule is O=C(O)CCCCC(=O)NCc1ccccc1-c1ccc([C@@H]2O[C@H](CSc3ncccn3)C[C@H](c3ccc(CO)cc3)O2)cc1. The quantitative estimate of drug-likeness (QED) is 0.0845. The van der Waals surface area contributed by atoms with Crippen LogP contribution in [-0.2, 0) is 32.2 Å². The van der Waals surface area contributed by atoms with Gasteiger partial charge in [0.05, 0.1) is 18.8 Å². The van der Waals surface area contributed by atoms with Crippen molar-refractivity contribution in [1.82, 2.24) is 15.3 Å². The number of amides is 1. The number of nitrogens with zero attached hydrogens (tertiary/aromatic N) is 2. The van der Waals surface area contributed by atoms with Crippen LogP contribution in [0.25, 0.3) is 11.1 Å². The predicted octanol–water partition coefficient (Wildman–Crippen LogP) is 6.23. The van der Waals surface area contributed by atoms with Gasteiger partial charge in [-0.25, -0.2) is 9.97 Å². The van der Waals surface area contributed by atoms with Crippen LogP contribution in [0.4, 0.5) is 0 Å². The lowest BCUT2D eigenvalue weighted by atomic mass is 9.97. The third-order valence-electron chi connectivity index (χ3n) is 7.59. The van der Waals surface area contributed by atoms with Crippen molar-refractivity contribution >= 4 is 23.6 Å². The predicted molar refractivity (Wildman–Crippen MR) is 171 cm³/mol. The fraction of sp³-hybridized carbons (Fsp3) is 0.314. The highest BCUT2D eigenvalue weighted by Gasteiger charge is 2.32. The lowest BCUT2D eigenvalue weighted by Crippen LogP contribution is -2.31. The van der Waals surface area contributed by atoms with Gasteiger partial charge in [0.2, 0.25) is 5.91 Å². The number of aliphatic hydroxyl groups excluding tert-OH is 1. The molecule has 0 spiro atoms. The van der Waals surface area contributed by atoms with E-state index in [1.165, 1.54) is 0 Å². The fourth-order valence-electron chi connectivity index (χ4n) is 5.17. The third-order valence-corrected chi connectivity index (χ3v) is 8.59. The molecule has 2 heterocycles. The lowest BCUT2D eigenvalue weighted by Gasteiger charge is -2.36. The summed E-state index contributed by atoms with van der Waals surface area (Å²) in [6.07, 6.45) is 4.67. The molecule has 45 heavy (non-hydrogen) atoms. The van der Waals surface area contributed by atoms with Gasteiger partial charge < -0.3 is 25.0 Å². The normalized spacial score (nSPS) is 17.9. The number of nitrogens with one attached hydrogen (secondary N) is 1. The monoisotopic (exact) mass is 627 g/mol. The molecule has 0 unspecified atom stereocenters. The zero-order chi connectivity index (χ0) is 31.4. The number of unbranched alkanes of at least 4 members (excludes halogenated alkanes) is 1. The van der Waals surface area contributed by atoms with Crippen molar-refractivity contribution in [1.29, 1.82) is 0 Å². The van der Waals surface area contributed by atoms with Crippen molar-refractivity contribution in [2.75, 3.05) is 5.75 Å². The summed E-state index contributed by atoms with van der Waals surface area (Å²) in [7, 11) is 0. The number of hydrogen-bond donors (Lipinski definition) is 3. The summed E-state index contributed by atoms with van der Waals surface area (Å²) in [6, 6.07) is 25.7. The second kappa shape index (κ2) is 16.3. The Morgan fingerprint density at radius 3 is 2.31 bits per heavy atom. The van der Waals surface area contributed by atoms with E-state index >= 15 is 0 Å². The molecular formula is C35H37N3O6S. The van der Waals surface area contributed by atoms with Gasteiger partial charge in [0.15, 0.2) is 11.4 Å². The molecule has 4 aromatic rings. The molecule has 0 aliphatic carbocycles. The Kier molecular flexibility index (Phi) is 11.7. The molecule has 5 rings (SSSR count). The maximum atomic E-state index is 12.3. The Bertz CT molecular complexity index is 1540. The number of benzene rings is 3. The van der Waals surface area contributed by atoms with E-state index in [9.17, 15) is 14.7 Å². The topological polar surface area (TPSA) is 131 Å². The smallest absolute Gasteiger partial charge is 0.303 e. The van der Waals surface area contributed by atoms with Crippen molar-refractivity contribution < 1.29 is 29.3 Å². The Morgan fingerprint density at radius 2 is 1.58 bits per heavy atom. The number of ether oxygens (including phenoxy) is 2. The van der Waals surface area contributed by atoms with E-state index in [1.807, 2.05) is 72.8 Å². The standard InChI is InChI=1S/C35H37N3O6S/c39-22-24-10-12-26(13-11-24)31-20-29(23-45-35-36-18-5-19-37-35)43-34(44-31)27-16-14-25(15-17-27)30-7-2-1-6-28(30)21-38-32(40)8-3-4-9-33(41)42/h1-2,5-7,10-19,29,31,34,39H,3-4,8-9,20-23H2,(H,38,40)(H,41,42)/t29-,31+,34+/m0/s1. The highest BCUT2D eigenvalue weighted by atomic mass is 32.2. The molecule has 0 saturated carbocycles. The summed E-state index contributed by atoms with van der Waals surface area (Å²) in [6.45, 7) is 0.371. The maximum absolute atomic E-state index is 12.3. The van der Waals surface area contributed by atoms with E-state index in [0.29, 0.717) is 43.1 Å². The van der Waals surface area contributed by atoms with Crippen LogP contribution in [0.3, 0.4) is 0 Å². The summed E-state index contributed by atoms with van der Waals surface area (Å²) in [4.78, 5) is 31.7. The van der Waals surface area contributed by atoms with Crippen molar-refractivity contribution in [2.24, 2.45) is 0 Å². The van der Waals surface area contributed by atoms with Gasteiger partial charge in [-0.15, -0.1) is 0 Å². The molecule has 1 amide bonds. The molecule has 0 bridgehead atoms. The number of carbonyl (C=O) groups excluding carboxylic acids is 1. The Labute approximate surface area is 267 Å². The number of hydrogen-bond acceptors (Lipinski definition) is 8. The minimum absolute atomic E-state index is 0.00960. The average Bonchev–Trinajstić information content (AvgIpc) is 3.09. The molecular weight excluding hydrogens is 590 g/mol. The van der Waals surface area contributed by atoms with Gasteiger partial charge in [-0.1, -0.05) is 84.6 Å². The number of aliphatic carboxylic acids is 1. The first-order valence-electron chi connectivity index (χ1n) is 15.1. The molecule has 1 saturated heterocycles. The van der Waals surface area contributed by atoms with Crippen LogP contribution in [0.1, 0.15) is 66.8 Å². The van der Waals surface area contributed by atoms with Crippen LogP contribution in [-0.4, -0.2) is 43.9 Å². The van der Waals surface area contributed by atoms with Crippen LogP contribution in [0.2, 0.25) is 0 Å². The third kappa shape index (κ3) is 9.45. The molecule has 3 aromatic carbocycles. The van der Waals surface area contributed by atoms with Crippen molar-refractivity contribution in [3.63, 3.8) is 0 Å². The number of carboxylic acid groups (broad SMARTS) is 1. The Morgan fingerprint density at radius 1 is 0.867 bits per heavy atom. The van der Waals surface area contributed by atoms with Crippen molar-refractivity contribution in [3.8, 4) is 11.1 Å². The van der Waals surface area contributed by atoms with E-state index in [1.54, 1.807) is 30.2 Å². The number of aromatic nitrogens is 2. The highest BCUT2D eigenvalue weighted by Crippen LogP contribution is 2.39. The van der Waals surface area contributed by atoms with Gasteiger partial charge in [-0.05, 0) is 46.7 Å². The molecule has 3 atom stereocenters. The van der Waals surface area contributed by atoms with Gasteiger partial charge in [0, 0.05) is 49.5 Å². The van der Waals surface area contributed by atoms with E-state index < -0.39 is 12.3 Å². The average molecular weight is 628 g/mol. The highest BCUT2D eigenvalue weighted by molar-refractivity contribution is 7.99. The summed E-state index contributed by atoms with van der Waals surface area (Å²) < 4.78 is 13.0. The first-order valence-corrected chi connectivity index (χ1v) is 16.0. The Hall–Kier alpha value is -4.09. The summed E-state index contributed by atoms with van der Waals surface area (Å²) in [5, 5.41) is 21.9. The molecule has 1 aliphatic rings. The van der Waals surface area contributed by atoms with Gasteiger partial charge in [-0.3, -0.25) is 9.59 Å². The van der Waals surface area contributed by atoms with Gasteiger partial charge >= 0.3 is 5.97 Å². The molecule has 3 N–H and O–H groups in total. The second-order valence-electron chi connectivity index (χ2n) is 10.8. The molecule has 234 valence electrons. The van der Waals surface area contributed by atoms with Crippen LogP contribution in [0.5, 0.6) is 0 Å². The molecule has 0 radical (unpaired) electrons. The van der Waals surface area contributed by atoms with E-state index in [0.717, 1.165) is 33.4 Å². The minimum Gasteiger partial charge on any atom is -0.481 e. The van der Waals surface area contributed by atoms with E-state index in [4.69, 9.17) is 14.6 Å². The molecule has 1 aromatic heterocycles. The summed E-state index contributed by atoms with van der Waals surface area (Å²) in [5.41, 5.74) is 5.78. The molecule has 10 heteroatoms. The summed E-state index contributed by atoms with van der Waals surface area (Å²) >= 11 is 1.55. The first kappa shape index (κ1) is 32.3. The second-order valence-corrected chi connectivity index (χ2v) is 11.8. The van der Waals surface area contributed by atoms with Crippen LogP contribution >= 0.6 is 11.8 Å². The fourth-order valence-corrected chi connectivity index (χ4v) is 5.99. The lowest BCUT2D eigenvalue weighted by molar-refractivity contribution is -0.245. The number of carboxylic acids is 1. The van der Waals surface area contributed by atoms with Crippen LogP contribution in [0, 0.1) is 0 Å². The van der Waals surface area contributed by atoms with E-state index in [-0.39, 0.29) is 31.1 Å². The minimum atomic E-state index is -0.845. The zero-order valence-electron chi connectivity index (χ0n) is 24.9. The van der Waals surface area contributed by atoms with Gasteiger partial charge in [0.25, 0.3) is 0 Å². The largest absolute Gasteiger partial charge is 0.481 e. The van der Waals surface area contributed by atoms with Gasteiger partial charge in [0.1, 0.15) is 0 Å². The first-order chi connectivity index (χ1) is 22.0. The zero-order valence-corrected chi connectivity index (χ0v) is 25.7. The Balaban J connectivity index is 1.27. The number of rotatable bonds is 14. The van der Waals surface area contributed by atoms with Crippen LogP contribution in [0.15, 0.2) is 96.4 Å². The van der Waals surface area contributed by atoms with E-state index in [2.05, 4.69) is 15.3 Å². The number of aliphatic hydroxyl groups is 1. The maximum Gasteiger partial charge on any atom is 0.303 e.